The molecule has 1 saturated heterocycles. The largest absolute Gasteiger partial charge is 0.379 e. The van der Waals surface area contributed by atoms with Crippen molar-refractivity contribution >= 4 is 17.7 Å². The van der Waals surface area contributed by atoms with Crippen LogP contribution in [0, 0.1) is 13.8 Å². The van der Waals surface area contributed by atoms with Gasteiger partial charge in [-0.05, 0) is 36.6 Å². The molecule has 1 amide bonds. The lowest BCUT2D eigenvalue weighted by molar-refractivity contribution is -0.118. The normalized spacial score (nSPS) is 14.9. The first-order chi connectivity index (χ1) is 13.1. The van der Waals surface area contributed by atoms with Crippen molar-refractivity contribution in [2.24, 2.45) is 0 Å². The second-order valence-corrected chi connectivity index (χ2v) is 8.06. The smallest absolute Gasteiger partial charge is 0.230 e. The molecule has 1 aliphatic rings. The third kappa shape index (κ3) is 6.38. The Kier molecular flexibility index (Phi) is 7.33. The number of ether oxygens (including phenoxy) is 1. The van der Waals surface area contributed by atoms with E-state index in [1.807, 2.05) is 0 Å². The molecule has 0 bridgehead atoms. The zero-order valence-electron chi connectivity index (χ0n) is 16.2. The molecular weight excluding hydrogens is 356 g/mol. The number of rotatable bonds is 7. The number of carbonyl (C=O) groups excluding carboxylic acids is 1. The Morgan fingerprint density at radius 2 is 1.78 bits per heavy atom. The quantitative estimate of drug-likeness (QED) is 0.742. The SMILES string of the molecule is Cc1ccc(SCC(=O)NCc2ccc(CN3CCOCC3)cc2)c(C)c1. The molecule has 4 nitrogen and oxygen atoms in total. The summed E-state index contributed by atoms with van der Waals surface area (Å²) in [7, 11) is 0. The molecule has 144 valence electrons. The summed E-state index contributed by atoms with van der Waals surface area (Å²) in [5.41, 5.74) is 4.91. The topological polar surface area (TPSA) is 41.6 Å². The fourth-order valence-corrected chi connectivity index (χ4v) is 3.98. The molecule has 1 heterocycles. The maximum atomic E-state index is 12.1. The highest BCUT2D eigenvalue weighted by Crippen LogP contribution is 2.22. The summed E-state index contributed by atoms with van der Waals surface area (Å²) in [6.45, 7) is 9.35. The van der Waals surface area contributed by atoms with Gasteiger partial charge in [0.2, 0.25) is 5.91 Å². The second kappa shape index (κ2) is 9.93. The van der Waals surface area contributed by atoms with E-state index in [4.69, 9.17) is 4.74 Å². The van der Waals surface area contributed by atoms with Gasteiger partial charge >= 0.3 is 0 Å². The van der Waals surface area contributed by atoms with E-state index in [0.717, 1.165) is 38.4 Å². The Bertz CT molecular complexity index is 755. The van der Waals surface area contributed by atoms with Gasteiger partial charge in [0.25, 0.3) is 0 Å². The van der Waals surface area contributed by atoms with E-state index in [1.54, 1.807) is 11.8 Å². The van der Waals surface area contributed by atoms with Crippen LogP contribution in [0.25, 0.3) is 0 Å². The van der Waals surface area contributed by atoms with Crippen LogP contribution in [0.2, 0.25) is 0 Å². The van der Waals surface area contributed by atoms with Crippen molar-refractivity contribution in [3.05, 3.63) is 64.7 Å². The van der Waals surface area contributed by atoms with E-state index in [0.29, 0.717) is 12.3 Å². The summed E-state index contributed by atoms with van der Waals surface area (Å²) in [4.78, 5) is 15.7. The average Bonchev–Trinajstić information content (AvgIpc) is 2.67. The molecule has 0 saturated carbocycles. The number of amides is 1. The summed E-state index contributed by atoms with van der Waals surface area (Å²) < 4.78 is 5.39. The van der Waals surface area contributed by atoms with Crippen LogP contribution in [0.4, 0.5) is 0 Å². The number of aryl methyl sites for hydroxylation is 2. The first-order valence-electron chi connectivity index (χ1n) is 9.45. The minimum Gasteiger partial charge on any atom is -0.379 e. The molecule has 1 aliphatic heterocycles. The van der Waals surface area contributed by atoms with E-state index in [2.05, 4.69) is 66.5 Å². The van der Waals surface area contributed by atoms with Gasteiger partial charge < -0.3 is 10.1 Å². The zero-order chi connectivity index (χ0) is 19.1. The molecular formula is C22H28N2O2S. The number of hydrogen-bond acceptors (Lipinski definition) is 4. The predicted molar refractivity (Wildman–Crippen MR) is 111 cm³/mol. The van der Waals surface area contributed by atoms with Gasteiger partial charge in [0.05, 0.1) is 19.0 Å². The van der Waals surface area contributed by atoms with Crippen LogP contribution in [0.5, 0.6) is 0 Å². The number of benzene rings is 2. The van der Waals surface area contributed by atoms with Gasteiger partial charge in [-0.3, -0.25) is 9.69 Å². The number of hydrogen-bond donors (Lipinski definition) is 1. The number of thioether (sulfide) groups is 1. The number of morpholine rings is 1. The Morgan fingerprint density at radius 1 is 1.07 bits per heavy atom. The van der Waals surface area contributed by atoms with E-state index in [1.165, 1.54) is 21.6 Å². The van der Waals surface area contributed by atoms with E-state index in [9.17, 15) is 4.79 Å². The molecule has 0 aromatic heterocycles. The highest BCUT2D eigenvalue weighted by molar-refractivity contribution is 8.00. The van der Waals surface area contributed by atoms with Crippen molar-refractivity contribution < 1.29 is 9.53 Å². The van der Waals surface area contributed by atoms with Crippen LogP contribution in [0.1, 0.15) is 22.3 Å². The van der Waals surface area contributed by atoms with Crippen LogP contribution in [-0.4, -0.2) is 42.9 Å². The fourth-order valence-electron chi connectivity index (χ4n) is 3.14. The van der Waals surface area contributed by atoms with Crippen LogP contribution in [0.3, 0.4) is 0 Å². The van der Waals surface area contributed by atoms with Gasteiger partial charge in [-0.1, -0.05) is 42.0 Å². The van der Waals surface area contributed by atoms with Gasteiger partial charge in [0, 0.05) is 31.1 Å². The molecule has 2 aromatic rings. The number of carbonyl (C=O) groups is 1. The first kappa shape index (κ1) is 19.9. The summed E-state index contributed by atoms with van der Waals surface area (Å²) in [6.07, 6.45) is 0. The van der Waals surface area contributed by atoms with Crippen molar-refractivity contribution in [3.63, 3.8) is 0 Å². The third-order valence-electron chi connectivity index (χ3n) is 4.71. The molecule has 0 spiro atoms. The molecule has 0 unspecified atom stereocenters. The molecule has 0 atom stereocenters. The Labute approximate surface area is 166 Å². The lowest BCUT2D eigenvalue weighted by Gasteiger charge is -2.26. The van der Waals surface area contributed by atoms with Crippen molar-refractivity contribution in [1.29, 1.82) is 0 Å². The maximum absolute atomic E-state index is 12.1. The highest BCUT2D eigenvalue weighted by atomic mass is 32.2. The van der Waals surface area contributed by atoms with Crippen LogP contribution in [0.15, 0.2) is 47.4 Å². The lowest BCUT2D eigenvalue weighted by atomic mass is 10.1. The molecule has 0 aliphatic carbocycles. The van der Waals surface area contributed by atoms with Crippen molar-refractivity contribution in [2.45, 2.75) is 31.8 Å². The summed E-state index contributed by atoms with van der Waals surface area (Å²) >= 11 is 1.59. The number of nitrogens with one attached hydrogen (secondary N) is 1. The minimum absolute atomic E-state index is 0.0670. The predicted octanol–water partition coefficient (Wildman–Crippen LogP) is 3.54. The monoisotopic (exact) mass is 384 g/mol. The van der Waals surface area contributed by atoms with Crippen molar-refractivity contribution in [3.8, 4) is 0 Å². The van der Waals surface area contributed by atoms with Gasteiger partial charge in [0.15, 0.2) is 0 Å². The standard InChI is InChI=1S/C22H28N2O2S/c1-17-3-8-21(18(2)13-17)27-16-22(25)23-14-19-4-6-20(7-5-19)15-24-9-11-26-12-10-24/h3-8,13H,9-12,14-16H2,1-2H3,(H,23,25). The van der Waals surface area contributed by atoms with Crippen molar-refractivity contribution in [2.75, 3.05) is 32.1 Å². The van der Waals surface area contributed by atoms with Crippen LogP contribution >= 0.6 is 11.8 Å². The Hall–Kier alpha value is -1.82. The van der Waals surface area contributed by atoms with Crippen molar-refractivity contribution in [1.82, 2.24) is 10.2 Å². The fraction of sp³-hybridized carbons (Fsp3) is 0.409. The molecule has 3 rings (SSSR count). The lowest BCUT2D eigenvalue weighted by Crippen LogP contribution is -2.35. The zero-order valence-corrected chi connectivity index (χ0v) is 17.0. The molecule has 27 heavy (non-hydrogen) atoms. The van der Waals surface area contributed by atoms with E-state index in [-0.39, 0.29) is 5.91 Å². The molecule has 5 heteroatoms. The van der Waals surface area contributed by atoms with Gasteiger partial charge in [-0.25, -0.2) is 0 Å². The van der Waals surface area contributed by atoms with Crippen LogP contribution < -0.4 is 5.32 Å². The van der Waals surface area contributed by atoms with Crippen LogP contribution in [-0.2, 0) is 22.6 Å². The van der Waals surface area contributed by atoms with E-state index < -0.39 is 0 Å². The minimum atomic E-state index is 0.0670. The summed E-state index contributed by atoms with van der Waals surface area (Å²) in [5.74, 6) is 0.510. The average molecular weight is 385 g/mol. The molecule has 1 fully saturated rings. The Morgan fingerprint density at radius 3 is 2.48 bits per heavy atom. The molecule has 2 aromatic carbocycles. The first-order valence-corrected chi connectivity index (χ1v) is 10.4. The summed E-state index contributed by atoms with van der Waals surface area (Å²) in [5, 5.41) is 3.01. The van der Waals surface area contributed by atoms with Gasteiger partial charge in [-0.2, -0.15) is 0 Å². The summed E-state index contributed by atoms with van der Waals surface area (Å²) in [6, 6.07) is 14.9. The molecule has 1 N–H and O–H groups in total. The third-order valence-corrected chi connectivity index (χ3v) is 5.89. The maximum Gasteiger partial charge on any atom is 0.230 e. The molecule has 0 radical (unpaired) electrons. The van der Waals surface area contributed by atoms with Gasteiger partial charge in [-0.15, -0.1) is 11.8 Å². The Balaban J connectivity index is 1.41. The van der Waals surface area contributed by atoms with Gasteiger partial charge in [0.1, 0.15) is 0 Å². The van der Waals surface area contributed by atoms with E-state index >= 15 is 0 Å². The number of nitrogens with zero attached hydrogens (tertiary/aromatic N) is 1. The highest BCUT2D eigenvalue weighted by Gasteiger charge is 2.10. The second-order valence-electron chi connectivity index (χ2n) is 7.04.